The van der Waals surface area contributed by atoms with Crippen molar-refractivity contribution in [3.05, 3.63) is 34.9 Å². The van der Waals surface area contributed by atoms with E-state index in [1.165, 1.54) is 6.92 Å². The van der Waals surface area contributed by atoms with Gasteiger partial charge in [-0.3, -0.25) is 14.4 Å². The lowest BCUT2D eigenvalue weighted by atomic mass is 10.3. The summed E-state index contributed by atoms with van der Waals surface area (Å²) < 4.78 is 41.3. The van der Waals surface area contributed by atoms with Crippen LogP contribution in [-0.2, 0) is 34.0 Å². The molecule has 16 nitrogen and oxygen atoms in total. The van der Waals surface area contributed by atoms with Gasteiger partial charge < -0.3 is 46.3 Å². The molecule has 1 aromatic carbocycles. The van der Waals surface area contributed by atoms with E-state index >= 15 is 0 Å². The third-order valence-corrected chi connectivity index (χ3v) is 7.27. The Labute approximate surface area is 270 Å². The molecule has 3 amide bonds. The van der Waals surface area contributed by atoms with Gasteiger partial charge in [0.05, 0.1) is 13.2 Å². The van der Waals surface area contributed by atoms with E-state index in [1.54, 1.807) is 21.9 Å². The SMILES string of the molecule is CC[n+]1c(CNC(=O)c2nc(Cl)c(N)nc2N)n(CCO)c2cc(OCC(=O)N3CCN(C(C)=O)CC3)ccc21.O=C([O-])C(F)(F)F. The number of ether oxygens (including phenoxy) is 1. The molecule has 47 heavy (non-hydrogen) atoms. The molecule has 0 saturated carbocycles. The number of nitrogen functional groups attached to an aromatic ring is 2. The van der Waals surface area contributed by atoms with Gasteiger partial charge in [0.1, 0.15) is 24.8 Å². The van der Waals surface area contributed by atoms with Crippen LogP contribution in [0.4, 0.5) is 24.8 Å². The highest BCUT2D eigenvalue weighted by Crippen LogP contribution is 2.22. The molecule has 0 atom stereocenters. The molecule has 0 aliphatic carbocycles. The Morgan fingerprint density at radius 1 is 1.11 bits per heavy atom. The second kappa shape index (κ2) is 15.6. The van der Waals surface area contributed by atoms with Gasteiger partial charge >= 0.3 is 6.18 Å². The van der Waals surface area contributed by atoms with Crippen LogP contribution in [0.1, 0.15) is 30.2 Å². The van der Waals surface area contributed by atoms with Crippen LogP contribution in [0.25, 0.3) is 11.0 Å². The van der Waals surface area contributed by atoms with Crippen molar-refractivity contribution in [3.63, 3.8) is 0 Å². The number of carbonyl (C=O) groups excluding carboxylic acids is 4. The maximum absolute atomic E-state index is 12.8. The number of amides is 3. The first-order chi connectivity index (χ1) is 22.1. The largest absolute Gasteiger partial charge is 0.542 e. The zero-order valence-electron chi connectivity index (χ0n) is 25.3. The van der Waals surface area contributed by atoms with Gasteiger partial charge in [0, 0.05) is 39.2 Å². The highest BCUT2D eigenvalue weighted by Gasteiger charge is 2.29. The first kappa shape index (κ1) is 36.6. The van der Waals surface area contributed by atoms with Crippen molar-refractivity contribution in [1.82, 2.24) is 29.7 Å². The fraction of sp³-hybridized carbons (Fsp3) is 0.444. The molecule has 1 saturated heterocycles. The number of rotatable bonds is 9. The Morgan fingerprint density at radius 2 is 1.72 bits per heavy atom. The van der Waals surface area contributed by atoms with Crippen molar-refractivity contribution in [2.75, 3.05) is 50.9 Å². The molecule has 0 spiro atoms. The standard InChI is InChI=1S/C25H32ClN9O5.C2HF3O2/c1-3-34-17-5-4-16(40-14-20(38)33-8-6-32(7-9-33)15(2)37)12-18(17)35(10-11-36)19(34)13-29-25(39)21-23(27)31-24(28)22(26)30-21;3-2(4,5)1(6)7/h4-5,12,36H,3,6-11,13-14H2,1-2H3,(H4-,27,28,29,31,39);(H,6,7). The molecule has 0 bridgehead atoms. The number of nitrogens with two attached hydrogens (primary N) is 2. The summed E-state index contributed by atoms with van der Waals surface area (Å²) in [7, 11) is 0. The lowest BCUT2D eigenvalue weighted by Crippen LogP contribution is -2.51. The predicted molar refractivity (Wildman–Crippen MR) is 157 cm³/mol. The number of piperazine rings is 1. The van der Waals surface area contributed by atoms with Crippen LogP contribution in [0.3, 0.4) is 0 Å². The molecule has 1 fully saturated rings. The van der Waals surface area contributed by atoms with Crippen molar-refractivity contribution < 1.29 is 51.9 Å². The zero-order chi connectivity index (χ0) is 35.1. The summed E-state index contributed by atoms with van der Waals surface area (Å²) in [6.45, 7) is 6.06. The van der Waals surface area contributed by atoms with Crippen molar-refractivity contribution in [1.29, 1.82) is 0 Å². The summed E-state index contributed by atoms with van der Waals surface area (Å²) in [6.07, 6.45) is -5.19. The summed E-state index contributed by atoms with van der Waals surface area (Å²) in [5.41, 5.74) is 12.9. The smallest absolute Gasteiger partial charge is 0.430 e. The molecule has 3 aromatic rings. The van der Waals surface area contributed by atoms with Crippen LogP contribution >= 0.6 is 11.6 Å². The van der Waals surface area contributed by atoms with E-state index < -0.39 is 18.1 Å². The number of fused-ring (bicyclic) bond motifs is 1. The summed E-state index contributed by atoms with van der Waals surface area (Å²) in [5, 5.41) is 21.2. The lowest BCUT2D eigenvalue weighted by Gasteiger charge is -2.34. The minimum atomic E-state index is -5.19. The van der Waals surface area contributed by atoms with E-state index in [-0.39, 0.29) is 60.6 Å². The number of aliphatic hydroxyl groups excluding tert-OH is 1. The minimum Gasteiger partial charge on any atom is -0.542 e. The topological polar surface area (TPSA) is 226 Å². The van der Waals surface area contributed by atoms with Crippen LogP contribution in [0.5, 0.6) is 5.75 Å². The van der Waals surface area contributed by atoms with E-state index in [0.29, 0.717) is 44.3 Å². The molecule has 20 heteroatoms. The number of nitrogens with one attached hydrogen (secondary N) is 1. The van der Waals surface area contributed by atoms with Crippen molar-refractivity contribution in [2.24, 2.45) is 0 Å². The number of aliphatic carboxylic acids is 1. The van der Waals surface area contributed by atoms with E-state index in [1.807, 2.05) is 22.1 Å². The van der Waals surface area contributed by atoms with Gasteiger partial charge in [0.2, 0.25) is 5.91 Å². The number of benzene rings is 1. The molecule has 0 unspecified atom stereocenters. The molecule has 256 valence electrons. The molecule has 1 aliphatic heterocycles. The molecule has 2 aromatic heterocycles. The highest BCUT2D eigenvalue weighted by atomic mass is 35.5. The van der Waals surface area contributed by atoms with Gasteiger partial charge in [-0.15, -0.1) is 0 Å². The number of nitrogens with zero attached hydrogens (tertiary/aromatic N) is 6. The van der Waals surface area contributed by atoms with Crippen LogP contribution in [-0.4, -0.2) is 98.7 Å². The Bertz CT molecular complexity index is 1640. The number of aryl methyl sites for hydroxylation is 1. The maximum Gasteiger partial charge on any atom is 0.430 e. The second-order valence-electron chi connectivity index (χ2n) is 9.96. The first-order valence-corrected chi connectivity index (χ1v) is 14.4. The number of imidazole rings is 1. The molecule has 6 N–H and O–H groups in total. The number of halogens is 4. The Kier molecular flexibility index (Phi) is 12.1. The number of hydrogen-bond donors (Lipinski definition) is 4. The normalized spacial score (nSPS) is 13.2. The number of carboxylic acids is 1. The third kappa shape index (κ3) is 9.09. The second-order valence-corrected chi connectivity index (χ2v) is 10.3. The highest BCUT2D eigenvalue weighted by molar-refractivity contribution is 6.31. The van der Waals surface area contributed by atoms with Gasteiger partial charge in [-0.2, -0.15) is 13.2 Å². The van der Waals surface area contributed by atoms with E-state index in [2.05, 4.69) is 15.3 Å². The van der Waals surface area contributed by atoms with Crippen molar-refractivity contribution >= 4 is 58.0 Å². The molecule has 0 radical (unpaired) electrons. The van der Waals surface area contributed by atoms with E-state index in [9.17, 15) is 32.7 Å². The predicted octanol–water partition coefficient (Wildman–Crippen LogP) is -1.15. The van der Waals surface area contributed by atoms with Crippen molar-refractivity contribution in [3.8, 4) is 5.75 Å². The molecule has 3 heterocycles. The Balaban J connectivity index is 0.000000771. The number of anilines is 2. The van der Waals surface area contributed by atoms with Gasteiger partial charge in [-0.25, -0.2) is 19.1 Å². The fourth-order valence-corrected chi connectivity index (χ4v) is 4.84. The number of carbonyl (C=O) groups is 4. The molecule has 4 rings (SSSR count). The van der Waals surface area contributed by atoms with Gasteiger partial charge in [-0.1, -0.05) is 11.6 Å². The molecule has 1 aliphatic rings. The van der Waals surface area contributed by atoms with Gasteiger partial charge in [0.15, 0.2) is 40.1 Å². The quantitative estimate of drug-likeness (QED) is 0.196. The Hall–Kier alpha value is -4.91. The minimum absolute atomic E-state index is 0.00163. The summed E-state index contributed by atoms with van der Waals surface area (Å²) >= 11 is 5.92. The monoisotopic (exact) mass is 687 g/mol. The zero-order valence-corrected chi connectivity index (χ0v) is 26.1. The first-order valence-electron chi connectivity index (χ1n) is 14.1. The third-order valence-electron chi connectivity index (χ3n) is 6.99. The summed E-state index contributed by atoms with van der Waals surface area (Å²) in [6, 6.07) is 5.44. The van der Waals surface area contributed by atoms with E-state index in [0.717, 1.165) is 11.0 Å². The molecular weight excluding hydrogens is 655 g/mol. The van der Waals surface area contributed by atoms with Gasteiger partial charge in [0.25, 0.3) is 17.6 Å². The number of aromatic nitrogens is 4. The number of hydrogen-bond acceptors (Lipinski definition) is 11. The lowest BCUT2D eigenvalue weighted by molar-refractivity contribution is -0.676. The number of carboxylic acid groups (broad SMARTS) is 1. The average Bonchev–Trinajstić information content (AvgIpc) is 3.31. The van der Waals surface area contributed by atoms with Gasteiger partial charge in [-0.05, 0) is 19.1 Å². The van der Waals surface area contributed by atoms with Crippen LogP contribution in [0.2, 0.25) is 5.15 Å². The van der Waals surface area contributed by atoms with E-state index in [4.69, 9.17) is 37.7 Å². The van der Waals surface area contributed by atoms with Crippen LogP contribution < -0.4 is 31.2 Å². The van der Waals surface area contributed by atoms with Crippen LogP contribution in [0, 0.1) is 0 Å². The summed E-state index contributed by atoms with van der Waals surface area (Å²) in [4.78, 5) is 57.0. The fourth-order valence-electron chi connectivity index (χ4n) is 4.71. The number of alkyl halides is 3. The Morgan fingerprint density at radius 3 is 2.28 bits per heavy atom. The average molecular weight is 688 g/mol. The number of aliphatic hydroxyl groups is 1. The van der Waals surface area contributed by atoms with Crippen molar-refractivity contribution in [2.45, 2.75) is 39.7 Å². The van der Waals surface area contributed by atoms with Crippen LogP contribution in [0.15, 0.2) is 18.2 Å². The molecular formula is C27H33ClF3N9O7. The maximum atomic E-state index is 12.8. The summed E-state index contributed by atoms with van der Waals surface area (Å²) in [5.74, 6) is -2.77.